The Morgan fingerprint density at radius 1 is 1.47 bits per heavy atom. The molecule has 1 unspecified atom stereocenters. The topological polar surface area (TPSA) is 81.1 Å². The zero-order chi connectivity index (χ0) is 12.7. The Balaban J connectivity index is 2.31. The van der Waals surface area contributed by atoms with Crippen LogP contribution in [0.2, 0.25) is 0 Å². The van der Waals surface area contributed by atoms with E-state index in [4.69, 9.17) is 5.73 Å². The highest BCUT2D eigenvalue weighted by Gasteiger charge is 2.10. The van der Waals surface area contributed by atoms with Gasteiger partial charge in [0.1, 0.15) is 11.9 Å². The van der Waals surface area contributed by atoms with Crippen molar-refractivity contribution in [2.75, 3.05) is 0 Å². The summed E-state index contributed by atoms with van der Waals surface area (Å²) in [5.41, 5.74) is 5.28. The molecule has 0 aromatic carbocycles. The molecular formula is C12H21N3O2. The molecule has 0 aliphatic rings. The van der Waals surface area contributed by atoms with Crippen molar-refractivity contribution in [1.29, 1.82) is 0 Å². The lowest BCUT2D eigenvalue weighted by atomic mass is 10.1. The minimum absolute atomic E-state index is 0.190. The second kappa shape index (κ2) is 7.06. The monoisotopic (exact) mass is 239 g/mol. The van der Waals surface area contributed by atoms with E-state index in [9.17, 15) is 9.90 Å². The predicted octanol–water partition coefficient (Wildman–Crippen LogP) is 1.83. The van der Waals surface area contributed by atoms with Crippen LogP contribution in [-0.2, 0) is 0 Å². The van der Waals surface area contributed by atoms with Crippen LogP contribution in [0.5, 0.6) is 0 Å². The van der Waals surface area contributed by atoms with Gasteiger partial charge in [-0.15, -0.1) is 0 Å². The van der Waals surface area contributed by atoms with Crippen LogP contribution in [-0.4, -0.2) is 20.6 Å². The van der Waals surface area contributed by atoms with Gasteiger partial charge >= 0.3 is 0 Å². The molecule has 0 saturated heterocycles. The van der Waals surface area contributed by atoms with E-state index >= 15 is 0 Å². The highest BCUT2D eigenvalue weighted by Crippen LogP contribution is 2.14. The minimum Gasteiger partial charge on any atom is -0.373 e. The van der Waals surface area contributed by atoms with Gasteiger partial charge in [0.2, 0.25) is 0 Å². The Morgan fingerprint density at radius 3 is 2.76 bits per heavy atom. The van der Waals surface area contributed by atoms with Crippen LogP contribution in [0.25, 0.3) is 0 Å². The van der Waals surface area contributed by atoms with Crippen LogP contribution in [0.1, 0.15) is 62.2 Å². The molecule has 96 valence electrons. The van der Waals surface area contributed by atoms with E-state index in [1.807, 2.05) is 0 Å². The van der Waals surface area contributed by atoms with Crippen LogP contribution in [0.4, 0.5) is 0 Å². The Morgan fingerprint density at radius 2 is 2.18 bits per heavy atom. The summed E-state index contributed by atoms with van der Waals surface area (Å²) < 4.78 is 1.53. The second-order valence-corrected chi connectivity index (χ2v) is 4.25. The van der Waals surface area contributed by atoms with E-state index in [0.29, 0.717) is 6.42 Å². The number of unbranched alkanes of at least 4 members (excludes halogenated alkanes) is 4. The predicted molar refractivity (Wildman–Crippen MR) is 65.4 cm³/mol. The van der Waals surface area contributed by atoms with Crippen LogP contribution in [0.15, 0.2) is 12.5 Å². The third kappa shape index (κ3) is 4.56. The third-order valence-corrected chi connectivity index (χ3v) is 2.76. The molecule has 0 bridgehead atoms. The summed E-state index contributed by atoms with van der Waals surface area (Å²) >= 11 is 0. The number of rotatable bonds is 8. The molecular weight excluding hydrogens is 218 g/mol. The van der Waals surface area contributed by atoms with E-state index < -0.39 is 12.1 Å². The summed E-state index contributed by atoms with van der Waals surface area (Å²) in [6.45, 7) is 2.17. The van der Waals surface area contributed by atoms with E-state index in [-0.39, 0.29) is 5.69 Å². The van der Waals surface area contributed by atoms with E-state index in [0.717, 1.165) is 12.8 Å². The highest BCUT2D eigenvalue weighted by atomic mass is 16.3. The van der Waals surface area contributed by atoms with Gasteiger partial charge in [0.05, 0.1) is 6.33 Å². The van der Waals surface area contributed by atoms with Crippen molar-refractivity contribution in [3.8, 4) is 0 Å². The second-order valence-electron chi connectivity index (χ2n) is 4.25. The van der Waals surface area contributed by atoms with Crippen molar-refractivity contribution >= 4 is 5.91 Å². The summed E-state index contributed by atoms with van der Waals surface area (Å²) in [7, 11) is 0. The maximum Gasteiger partial charge on any atom is 0.268 e. The molecule has 0 aliphatic heterocycles. The fourth-order valence-corrected chi connectivity index (χ4v) is 1.71. The largest absolute Gasteiger partial charge is 0.373 e. The Labute approximate surface area is 102 Å². The maximum atomic E-state index is 10.8. The van der Waals surface area contributed by atoms with Crippen LogP contribution >= 0.6 is 0 Å². The Kier molecular flexibility index (Phi) is 5.69. The molecule has 0 spiro atoms. The number of primary amides is 1. The number of nitrogens with zero attached hydrogens (tertiary/aromatic N) is 2. The smallest absolute Gasteiger partial charge is 0.268 e. The fraction of sp³-hybridized carbons (Fsp3) is 0.667. The minimum atomic E-state index is -0.614. The SMILES string of the molecule is CCCCCCCC(O)n1cnc(C(N)=O)c1. The first kappa shape index (κ1) is 13.7. The van der Waals surface area contributed by atoms with Gasteiger partial charge in [-0.1, -0.05) is 32.6 Å². The van der Waals surface area contributed by atoms with Crippen molar-refractivity contribution < 1.29 is 9.90 Å². The van der Waals surface area contributed by atoms with Gasteiger partial charge in [0.15, 0.2) is 0 Å². The molecule has 0 radical (unpaired) electrons. The molecule has 5 heteroatoms. The van der Waals surface area contributed by atoms with Crippen molar-refractivity contribution in [1.82, 2.24) is 9.55 Å². The number of carbonyl (C=O) groups excluding carboxylic acids is 1. The van der Waals surface area contributed by atoms with E-state index in [1.165, 1.54) is 36.4 Å². The van der Waals surface area contributed by atoms with Crippen LogP contribution in [0, 0.1) is 0 Å². The van der Waals surface area contributed by atoms with E-state index in [2.05, 4.69) is 11.9 Å². The summed E-state index contributed by atoms with van der Waals surface area (Å²) in [4.78, 5) is 14.7. The first-order valence-corrected chi connectivity index (χ1v) is 6.16. The van der Waals surface area contributed by atoms with Gasteiger partial charge in [-0.3, -0.25) is 4.79 Å². The number of aliphatic hydroxyl groups is 1. The Bertz CT molecular complexity index is 349. The fourth-order valence-electron chi connectivity index (χ4n) is 1.71. The van der Waals surface area contributed by atoms with Gasteiger partial charge < -0.3 is 15.4 Å². The molecule has 0 saturated carbocycles. The van der Waals surface area contributed by atoms with Gasteiger partial charge in [-0.25, -0.2) is 4.98 Å². The average molecular weight is 239 g/mol. The lowest BCUT2D eigenvalue weighted by molar-refractivity contribution is 0.0909. The quantitative estimate of drug-likeness (QED) is 0.679. The highest BCUT2D eigenvalue weighted by molar-refractivity contribution is 5.90. The lowest BCUT2D eigenvalue weighted by Gasteiger charge is -2.11. The van der Waals surface area contributed by atoms with Crippen molar-refractivity contribution in [2.45, 2.75) is 51.7 Å². The number of aromatic nitrogens is 2. The third-order valence-electron chi connectivity index (χ3n) is 2.76. The van der Waals surface area contributed by atoms with Gasteiger partial charge in [0, 0.05) is 6.20 Å². The first-order chi connectivity index (χ1) is 8.15. The first-order valence-electron chi connectivity index (χ1n) is 6.16. The number of nitrogens with two attached hydrogens (primary N) is 1. The van der Waals surface area contributed by atoms with Gasteiger partial charge in [-0.05, 0) is 12.8 Å². The number of aliphatic hydroxyl groups excluding tert-OH is 1. The average Bonchev–Trinajstić information content (AvgIpc) is 2.78. The number of hydrogen-bond acceptors (Lipinski definition) is 3. The number of carbonyl (C=O) groups is 1. The summed E-state index contributed by atoms with van der Waals surface area (Å²) in [5, 5.41) is 9.84. The molecule has 5 nitrogen and oxygen atoms in total. The maximum absolute atomic E-state index is 10.8. The summed E-state index contributed by atoms with van der Waals surface area (Å²) in [6, 6.07) is 0. The van der Waals surface area contributed by atoms with E-state index in [1.54, 1.807) is 0 Å². The molecule has 1 atom stereocenters. The molecule has 1 aromatic heterocycles. The van der Waals surface area contributed by atoms with Crippen molar-refractivity contribution in [3.05, 3.63) is 18.2 Å². The van der Waals surface area contributed by atoms with Crippen molar-refractivity contribution in [2.24, 2.45) is 5.73 Å². The number of imidazole rings is 1. The summed E-state index contributed by atoms with van der Waals surface area (Å²) in [5.74, 6) is -0.570. The molecule has 17 heavy (non-hydrogen) atoms. The van der Waals surface area contributed by atoms with Crippen LogP contribution < -0.4 is 5.73 Å². The molecule has 0 fully saturated rings. The molecule has 1 amide bonds. The lowest BCUT2D eigenvalue weighted by Crippen LogP contribution is -2.11. The molecule has 1 rings (SSSR count). The van der Waals surface area contributed by atoms with Gasteiger partial charge in [0.25, 0.3) is 5.91 Å². The molecule has 1 heterocycles. The number of amides is 1. The Hall–Kier alpha value is -1.36. The molecule has 3 N–H and O–H groups in total. The van der Waals surface area contributed by atoms with Gasteiger partial charge in [-0.2, -0.15) is 0 Å². The van der Waals surface area contributed by atoms with Crippen molar-refractivity contribution in [3.63, 3.8) is 0 Å². The standard InChI is InChI=1S/C12H21N3O2/c1-2-3-4-5-6-7-11(16)15-8-10(12(13)17)14-9-15/h8-9,11,16H,2-7H2,1H3,(H2,13,17). The molecule has 1 aromatic rings. The zero-order valence-electron chi connectivity index (χ0n) is 10.3. The zero-order valence-corrected chi connectivity index (χ0v) is 10.3. The van der Waals surface area contributed by atoms with Crippen LogP contribution in [0.3, 0.4) is 0 Å². The number of hydrogen-bond donors (Lipinski definition) is 2. The normalized spacial score (nSPS) is 12.6. The molecule has 0 aliphatic carbocycles. The summed E-state index contributed by atoms with van der Waals surface area (Å²) in [6.07, 6.45) is 8.76.